The van der Waals surface area contributed by atoms with Gasteiger partial charge >= 0.3 is 0 Å². The number of aromatic nitrogens is 2. The number of rotatable bonds is 8. The van der Waals surface area contributed by atoms with Gasteiger partial charge in [0, 0.05) is 6.54 Å². The smallest absolute Gasteiger partial charge is 0.252 e. The molecule has 1 unspecified atom stereocenters. The largest absolute Gasteiger partial charge is 0.367 e. The molecule has 2 aromatic carbocycles. The molecule has 0 N–H and O–H groups in total. The Balaban J connectivity index is 1.40. The summed E-state index contributed by atoms with van der Waals surface area (Å²) in [5.74, 6) is 0.718. The summed E-state index contributed by atoms with van der Waals surface area (Å²) in [6.07, 6.45) is 1.45. The Kier molecular flexibility index (Phi) is 6.03. The van der Waals surface area contributed by atoms with E-state index in [-0.39, 0.29) is 12.4 Å². The van der Waals surface area contributed by atoms with Gasteiger partial charge in [-0.25, -0.2) is 8.42 Å². The minimum Gasteiger partial charge on any atom is -0.367 e. The Bertz CT molecular complexity index is 1020. The lowest BCUT2D eigenvalue weighted by Gasteiger charge is -2.21. The average Bonchev–Trinajstić information content (AvgIpc) is 3.39. The Labute approximate surface area is 170 Å². The molecular formula is C21H23N3O4S. The summed E-state index contributed by atoms with van der Waals surface area (Å²) in [6, 6.07) is 18.6. The van der Waals surface area contributed by atoms with Crippen molar-refractivity contribution >= 4 is 10.0 Å². The topological polar surface area (TPSA) is 85.5 Å². The van der Waals surface area contributed by atoms with Crippen LogP contribution in [-0.4, -0.2) is 29.4 Å². The van der Waals surface area contributed by atoms with Crippen LogP contribution in [0.4, 0.5) is 0 Å². The first-order valence-corrected chi connectivity index (χ1v) is 11.2. The van der Waals surface area contributed by atoms with E-state index in [0.29, 0.717) is 31.3 Å². The molecule has 0 spiro atoms. The van der Waals surface area contributed by atoms with Gasteiger partial charge in [0.25, 0.3) is 5.89 Å². The molecule has 1 fully saturated rings. The molecule has 7 nitrogen and oxygen atoms in total. The van der Waals surface area contributed by atoms with Gasteiger partial charge in [0.2, 0.25) is 10.0 Å². The standard InChI is InChI=1S/C21H23N3O4S/c25-29(26,16-18-10-5-2-6-11-18)24-13-7-12-19(24)21-22-20(28-23-21)15-27-14-17-8-3-1-4-9-17/h1-6,8-11,19H,7,12-16H2. The van der Waals surface area contributed by atoms with Gasteiger partial charge in [-0.15, -0.1) is 0 Å². The molecule has 0 bridgehead atoms. The SMILES string of the molecule is O=S(=O)(Cc1ccccc1)N1CCCC1c1noc(COCc2ccccc2)n1. The van der Waals surface area contributed by atoms with Crippen molar-refractivity contribution in [2.45, 2.75) is 37.9 Å². The lowest BCUT2D eigenvalue weighted by atomic mass is 10.2. The van der Waals surface area contributed by atoms with Crippen molar-refractivity contribution in [3.8, 4) is 0 Å². The van der Waals surface area contributed by atoms with Crippen molar-refractivity contribution in [2.75, 3.05) is 6.54 Å². The van der Waals surface area contributed by atoms with Gasteiger partial charge < -0.3 is 9.26 Å². The molecule has 1 aliphatic rings. The third kappa shape index (κ3) is 4.90. The summed E-state index contributed by atoms with van der Waals surface area (Å²) < 4.78 is 38.3. The molecule has 0 aliphatic carbocycles. The van der Waals surface area contributed by atoms with Gasteiger partial charge in [-0.05, 0) is 24.0 Å². The molecule has 0 saturated carbocycles. The number of nitrogens with zero attached hydrogens (tertiary/aromatic N) is 3. The highest BCUT2D eigenvalue weighted by Gasteiger charge is 2.37. The number of hydrogen-bond acceptors (Lipinski definition) is 6. The molecule has 2 heterocycles. The summed E-state index contributed by atoms with van der Waals surface area (Å²) in [5, 5.41) is 4.02. The van der Waals surface area contributed by atoms with Gasteiger partial charge in [-0.2, -0.15) is 9.29 Å². The molecular weight excluding hydrogens is 390 g/mol. The number of ether oxygens (including phenoxy) is 1. The summed E-state index contributed by atoms with van der Waals surface area (Å²) in [7, 11) is -3.47. The van der Waals surface area contributed by atoms with E-state index < -0.39 is 16.1 Å². The molecule has 4 rings (SSSR count). The molecule has 1 atom stereocenters. The highest BCUT2D eigenvalue weighted by Crippen LogP contribution is 2.33. The van der Waals surface area contributed by atoms with Crippen molar-refractivity contribution in [2.24, 2.45) is 0 Å². The molecule has 1 saturated heterocycles. The second-order valence-electron chi connectivity index (χ2n) is 7.04. The first-order chi connectivity index (χ1) is 14.1. The van der Waals surface area contributed by atoms with Crippen LogP contribution in [0.3, 0.4) is 0 Å². The third-order valence-electron chi connectivity index (χ3n) is 4.87. The summed E-state index contributed by atoms with van der Waals surface area (Å²) in [5.41, 5.74) is 1.82. The van der Waals surface area contributed by atoms with E-state index in [4.69, 9.17) is 9.26 Å². The van der Waals surface area contributed by atoms with Gasteiger partial charge in [0.15, 0.2) is 5.82 Å². The van der Waals surface area contributed by atoms with Gasteiger partial charge in [0.05, 0.1) is 18.4 Å². The van der Waals surface area contributed by atoms with Crippen LogP contribution in [0.15, 0.2) is 65.2 Å². The van der Waals surface area contributed by atoms with E-state index in [2.05, 4.69) is 10.1 Å². The average molecular weight is 413 g/mol. The van der Waals surface area contributed by atoms with Crippen LogP contribution < -0.4 is 0 Å². The van der Waals surface area contributed by atoms with Crippen molar-refractivity contribution in [3.05, 3.63) is 83.5 Å². The van der Waals surface area contributed by atoms with E-state index in [1.54, 1.807) is 0 Å². The van der Waals surface area contributed by atoms with Crippen molar-refractivity contribution in [1.82, 2.24) is 14.4 Å². The molecule has 29 heavy (non-hydrogen) atoms. The quantitative estimate of drug-likeness (QED) is 0.562. The maximum absolute atomic E-state index is 12.9. The second kappa shape index (κ2) is 8.86. The van der Waals surface area contributed by atoms with Crippen LogP contribution in [0.2, 0.25) is 0 Å². The van der Waals surface area contributed by atoms with Gasteiger partial charge in [0.1, 0.15) is 6.61 Å². The number of sulfonamides is 1. The Morgan fingerprint density at radius 1 is 1.00 bits per heavy atom. The minimum absolute atomic E-state index is 0.0325. The van der Waals surface area contributed by atoms with Crippen LogP contribution in [0.5, 0.6) is 0 Å². The maximum atomic E-state index is 12.9. The van der Waals surface area contributed by atoms with Crippen LogP contribution in [0.1, 0.15) is 41.7 Å². The molecule has 8 heteroatoms. The third-order valence-corrected chi connectivity index (χ3v) is 6.72. The van der Waals surface area contributed by atoms with E-state index in [1.807, 2.05) is 60.7 Å². The zero-order valence-corrected chi connectivity index (χ0v) is 16.8. The van der Waals surface area contributed by atoms with E-state index >= 15 is 0 Å². The predicted octanol–water partition coefficient (Wildman–Crippen LogP) is 3.45. The highest BCUT2D eigenvalue weighted by molar-refractivity contribution is 7.88. The fraction of sp³-hybridized carbons (Fsp3) is 0.333. The fourth-order valence-corrected chi connectivity index (χ4v) is 5.27. The summed E-state index contributed by atoms with van der Waals surface area (Å²) in [6.45, 7) is 1.10. The van der Waals surface area contributed by atoms with Crippen LogP contribution in [0.25, 0.3) is 0 Å². The van der Waals surface area contributed by atoms with Crippen LogP contribution in [-0.2, 0) is 33.7 Å². The molecule has 1 aliphatic heterocycles. The molecule has 152 valence electrons. The van der Waals surface area contributed by atoms with Crippen molar-refractivity contribution in [3.63, 3.8) is 0 Å². The van der Waals surface area contributed by atoms with Crippen LogP contribution >= 0.6 is 0 Å². The van der Waals surface area contributed by atoms with Crippen molar-refractivity contribution in [1.29, 1.82) is 0 Å². The lowest BCUT2D eigenvalue weighted by molar-refractivity contribution is 0.0850. The van der Waals surface area contributed by atoms with Gasteiger partial charge in [-0.1, -0.05) is 65.8 Å². The van der Waals surface area contributed by atoms with Gasteiger partial charge in [-0.3, -0.25) is 0 Å². The van der Waals surface area contributed by atoms with E-state index in [1.165, 1.54) is 4.31 Å². The normalized spacial score (nSPS) is 17.6. The van der Waals surface area contributed by atoms with Crippen molar-refractivity contribution < 1.29 is 17.7 Å². The highest BCUT2D eigenvalue weighted by atomic mass is 32.2. The molecule has 0 radical (unpaired) electrons. The first-order valence-electron chi connectivity index (χ1n) is 9.59. The first kappa shape index (κ1) is 19.8. The lowest BCUT2D eigenvalue weighted by Crippen LogP contribution is -2.32. The van der Waals surface area contributed by atoms with E-state index in [0.717, 1.165) is 17.5 Å². The zero-order chi connectivity index (χ0) is 20.1. The monoisotopic (exact) mass is 413 g/mol. The number of benzene rings is 2. The number of hydrogen-bond donors (Lipinski definition) is 0. The molecule has 3 aromatic rings. The molecule has 0 amide bonds. The predicted molar refractivity (Wildman–Crippen MR) is 107 cm³/mol. The molecule has 1 aromatic heterocycles. The summed E-state index contributed by atoms with van der Waals surface area (Å²) in [4.78, 5) is 4.39. The summed E-state index contributed by atoms with van der Waals surface area (Å²) >= 11 is 0. The Hall–Kier alpha value is -2.55. The Morgan fingerprint density at radius 3 is 2.41 bits per heavy atom. The van der Waals surface area contributed by atoms with E-state index in [9.17, 15) is 8.42 Å². The fourth-order valence-electron chi connectivity index (χ4n) is 3.49. The van der Waals surface area contributed by atoms with Crippen LogP contribution in [0, 0.1) is 0 Å². The minimum atomic E-state index is -3.47. The zero-order valence-electron chi connectivity index (χ0n) is 16.0. The maximum Gasteiger partial charge on any atom is 0.252 e. The Morgan fingerprint density at radius 2 is 1.69 bits per heavy atom. The second-order valence-corrected chi connectivity index (χ2v) is 8.96.